The van der Waals surface area contributed by atoms with E-state index in [0.717, 1.165) is 0 Å². The summed E-state index contributed by atoms with van der Waals surface area (Å²) in [5.41, 5.74) is 1.89. The number of amides is 2. The molecule has 0 spiro atoms. The van der Waals surface area contributed by atoms with Crippen molar-refractivity contribution in [2.24, 2.45) is 5.84 Å². The average Bonchev–Trinajstić information content (AvgIpc) is 2.02. The summed E-state index contributed by atoms with van der Waals surface area (Å²) in [6.07, 6.45) is 1.28. The molecule has 0 aromatic carbocycles. The Kier molecular flexibility index (Phi) is 3.10. The molecular formula is C6H13N3O3S. The van der Waals surface area contributed by atoms with Gasteiger partial charge in [0.15, 0.2) is 9.84 Å². The van der Waals surface area contributed by atoms with E-state index in [9.17, 15) is 13.2 Å². The molecule has 6 nitrogen and oxygen atoms in total. The van der Waals surface area contributed by atoms with Crippen LogP contribution in [0.15, 0.2) is 0 Å². The Morgan fingerprint density at radius 1 is 1.46 bits per heavy atom. The summed E-state index contributed by atoms with van der Waals surface area (Å²) in [5.74, 6) is 5.08. The van der Waals surface area contributed by atoms with E-state index < -0.39 is 15.9 Å². The zero-order valence-corrected chi connectivity index (χ0v) is 7.93. The van der Waals surface area contributed by atoms with Crippen molar-refractivity contribution in [3.8, 4) is 0 Å². The van der Waals surface area contributed by atoms with E-state index in [2.05, 4.69) is 5.32 Å². The third-order valence-corrected chi connectivity index (χ3v) is 3.75. The molecule has 1 unspecified atom stereocenters. The number of nitrogens with one attached hydrogen (secondary N) is 2. The van der Waals surface area contributed by atoms with Gasteiger partial charge >= 0.3 is 6.03 Å². The molecule has 1 atom stereocenters. The van der Waals surface area contributed by atoms with Gasteiger partial charge in [0.2, 0.25) is 0 Å². The summed E-state index contributed by atoms with van der Waals surface area (Å²) in [6.45, 7) is 0. The smallest absolute Gasteiger partial charge is 0.329 e. The fraction of sp³-hybridized carbons (Fsp3) is 0.833. The van der Waals surface area contributed by atoms with Gasteiger partial charge in [-0.05, 0) is 12.8 Å². The van der Waals surface area contributed by atoms with Crippen molar-refractivity contribution < 1.29 is 13.2 Å². The van der Waals surface area contributed by atoms with Crippen LogP contribution in [0.4, 0.5) is 4.79 Å². The molecule has 1 rings (SSSR count). The van der Waals surface area contributed by atoms with Crippen LogP contribution in [0.5, 0.6) is 0 Å². The average molecular weight is 207 g/mol. The molecule has 0 aromatic rings. The Bertz CT molecular complexity index is 287. The maximum Gasteiger partial charge on any atom is 0.329 e. The van der Waals surface area contributed by atoms with E-state index in [1.807, 2.05) is 5.43 Å². The molecule has 1 heterocycles. The molecule has 7 heteroatoms. The molecule has 0 aliphatic carbocycles. The van der Waals surface area contributed by atoms with Crippen molar-refractivity contribution in [2.45, 2.75) is 18.9 Å². The van der Waals surface area contributed by atoms with Crippen LogP contribution in [-0.2, 0) is 9.84 Å². The van der Waals surface area contributed by atoms with Crippen LogP contribution in [0.3, 0.4) is 0 Å². The predicted molar refractivity (Wildman–Crippen MR) is 47.5 cm³/mol. The molecule has 4 N–H and O–H groups in total. The molecule has 1 aliphatic heterocycles. The molecule has 2 amide bonds. The number of carbonyl (C=O) groups excluding carboxylic acids is 1. The van der Waals surface area contributed by atoms with Gasteiger partial charge < -0.3 is 5.32 Å². The summed E-state index contributed by atoms with van der Waals surface area (Å²) in [6, 6.07) is -0.843. The Hall–Kier alpha value is -0.820. The summed E-state index contributed by atoms with van der Waals surface area (Å²) in [4.78, 5) is 10.7. The van der Waals surface area contributed by atoms with Crippen LogP contribution < -0.4 is 16.6 Å². The van der Waals surface area contributed by atoms with Crippen molar-refractivity contribution in [1.29, 1.82) is 0 Å². The first-order valence-corrected chi connectivity index (χ1v) is 5.83. The number of hydrogen-bond donors (Lipinski definition) is 3. The maximum absolute atomic E-state index is 11.1. The normalized spacial score (nSPS) is 26.4. The minimum Gasteiger partial charge on any atom is -0.333 e. The molecule has 1 aliphatic rings. The number of hydrazine groups is 1. The second kappa shape index (κ2) is 3.93. The molecular weight excluding hydrogens is 194 g/mol. The number of hydrogen-bond acceptors (Lipinski definition) is 4. The van der Waals surface area contributed by atoms with E-state index in [1.165, 1.54) is 0 Å². The van der Waals surface area contributed by atoms with Crippen LogP contribution in [-0.4, -0.2) is 32.0 Å². The molecule has 1 fully saturated rings. The van der Waals surface area contributed by atoms with E-state index in [-0.39, 0.29) is 17.5 Å². The van der Waals surface area contributed by atoms with E-state index >= 15 is 0 Å². The van der Waals surface area contributed by atoms with Crippen LogP contribution in [0.25, 0.3) is 0 Å². The van der Waals surface area contributed by atoms with Crippen molar-refractivity contribution in [2.75, 3.05) is 11.5 Å². The van der Waals surface area contributed by atoms with Crippen molar-refractivity contribution in [3.63, 3.8) is 0 Å². The van der Waals surface area contributed by atoms with Crippen LogP contribution in [0, 0.1) is 0 Å². The number of nitrogens with two attached hydrogens (primary N) is 1. The molecule has 0 bridgehead atoms. The highest BCUT2D eigenvalue weighted by molar-refractivity contribution is 7.91. The van der Waals surface area contributed by atoms with E-state index in [1.54, 1.807) is 0 Å². The molecule has 13 heavy (non-hydrogen) atoms. The summed E-state index contributed by atoms with van der Waals surface area (Å²) >= 11 is 0. The van der Waals surface area contributed by atoms with Gasteiger partial charge in [-0.15, -0.1) is 0 Å². The summed E-state index contributed by atoms with van der Waals surface area (Å²) in [7, 11) is -2.97. The zero-order valence-electron chi connectivity index (χ0n) is 7.12. The zero-order chi connectivity index (χ0) is 9.90. The first kappa shape index (κ1) is 10.3. The second-order valence-electron chi connectivity index (χ2n) is 3.07. The molecule has 0 saturated carbocycles. The Morgan fingerprint density at radius 2 is 2.15 bits per heavy atom. The van der Waals surface area contributed by atoms with Crippen LogP contribution in [0.2, 0.25) is 0 Å². The molecule has 76 valence electrons. The Balaban J connectivity index is 2.48. The van der Waals surface area contributed by atoms with Crippen molar-refractivity contribution in [3.05, 3.63) is 0 Å². The first-order valence-electron chi connectivity index (χ1n) is 4.01. The van der Waals surface area contributed by atoms with E-state index in [4.69, 9.17) is 5.84 Å². The predicted octanol–water partition coefficient (Wildman–Crippen LogP) is -1.26. The minimum atomic E-state index is -2.97. The lowest BCUT2D eigenvalue weighted by Crippen LogP contribution is -2.49. The van der Waals surface area contributed by atoms with Gasteiger partial charge in [-0.25, -0.2) is 19.1 Å². The SMILES string of the molecule is NNC(=O)NC1CCCS(=O)(=O)C1. The van der Waals surface area contributed by atoms with Crippen molar-refractivity contribution >= 4 is 15.9 Å². The highest BCUT2D eigenvalue weighted by Crippen LogP contribution is 2.11. The van der Waals surface area contributed by atoms with E-state index in [0.29, 0.717) is 12.8 Å². The van der Waals surface area contributed by atoms with Gasteiger partial charge in [0, 0.05) is 6.04 Å². The minimum absolute atomic E-state index is 0.0143. The lowest BCUT2D eigenvalue weighted by Gasteiger charge is -2.22. The molecule has 1 saturated heterocycles. The van der Waals surface area contributed by atoms with Crippen LogP contribution in [0.1, 0.15) is 12.8 Å². The number of rotatable bonds is 1. The number of urea groups is 1. The Morgan fingerprint density at radius 3 is 2.69 bits per heavy atom. The standard InChI is InChI=1S/C6H13N3O3S/c7-9-6(10)8-5-2-1-3-13(11,12)4-5/h5H,1-4,7H2,(H2,8,9,10). The highest BCUT2D eigenvalue weighted by atomic mass is 32.2. The monoisotopic (exact) mass is 207 g/mol. The largest absolute Gasteiger partial charge is 0.333 e. The topological polar surface area (TPSA) is 101 Å². The number of carbonyl (C=O) groups is 1. The number of sulfone groups is 1. The van der Waals surface area contributed by atoms with Gasteiger partial charge in [0.1, 0.15) is 0 Å². The molecule has 0 aromatic heterocycles. The van der Waals surface area contributed by atoms with Gasteiger partial charge in [0.05, 0.1) is 11.5 Å². The van der Waals surface area contributed by atoms with Crippen LogP contribution >= 0.6 is 0 Å². The van der Waals surface area contributed by atoms with Gasteiger partial charge in [0.25, 0.3) is 0 Å². The highest BCUT2D eigenvalue weighted by Gasteiger charge is 2.25. The fourth-order valence-corrected chi connectivity index (χ4v) is 3.00. The third kappa shape index (κ3) is 3.19. The van der Waals surface area contributed by atoms with Crippen molar-refractivity contribution in [1.82, 2.24) is 10.7 Å². The van der Waals surface area contributed by atoms with Gasteiger partial charge in [-0.2, -0.15) is 0 Å². The lowest BCUT2D eigenvalue weighted by atomic mass is 10.2. The third-order valence-electron chi connectivity index (χ3n) is 1.93. The second-order valence-corrected chi connectivity index (χ2v) is 5.30. The molecule has 0 radical (unpaired) electrons. The first-order chi connectivity index (χ1) is 6.03. The quantitative estimate of drug-likeness (QED) is 0.283. The van der Waals surface area contributed by atoms with Gasteiger partial charge in [-0.1, -0.05) is 0 Å². The lowest BCUT2D eigenvalue weighted by molar-refractivity contribution is 0.237. The summed E-state index contributed by atoms with van der Waals surface area (Å²) < 4.78 is 22.3. The maximum atomic E-state index is 11.1. The summed E-state index contributed by atoms with van der Waals surface area (Å²) in [5, 5.41) is 2.47. The van der Waals surface area contributed by atoms with Gasteiger partial charge in [-0.3, -0.25) is 5.43 Å². The Labute approximate surface area is 76.8 Å². The fourth-order valence-electron chi connectivity index (χ4n) is 1.36.